The quantitative estimate of drug-likeness (QED) is 0.0847. The van der Waals surface area contributed by atoms with Crippen molar-refractivity contribution in [1.29, 1.82) is 0 Å². The highest BCUT2D eigenvalue weighted by Gasteiger charge is 2.21. The fraction of sp³-hybridized carbons (Fsp3) is 0.135. The zero-order chi connectivity index (χ0) is 34.8. The minimum absolute atomic E-state index is 0.00959. The van der Waals surface area contributed by atoms with Crippen LogP contribution in [0.25, 0.3) is 17.3 Å². The Labute approximate surface area is 291 Å². The molecule has 1 atom stereocenters. The number of thiazole rings is 1. The zero-order valence-corrected chi connectivity index (χ0v) is 28.5. The minimum Gasteiger partial charge on any atom is -0.497 e. The summed E-state index contributed by atoms with van der Waals surface area (Å²) in [5.74, 6) is -0.548. The van der Waals surface area contributed by atoms with Gasteiger partial charge in [-0.1, -0.05) is 31.2 Å². The van der Waals surface area contributed by atoms with Crippen molar-refractivity contribution < 1.29 is 28.2 Å². The third-order valence-electron chi connectivity index (χ3n) is 7.18. The molecule has 1 aromatic heterocycles. The highest BCUT2D eigenvalue weighted by atomic mass is 32.2. The Balaban J connectivity index is 1.31. The number of hydrogen-bond donors (Lipinski definition) is 3. The van der Waals surface area contributed by atoms with E-state index in [1.807, 2.05) is 13.0 Å². The van der Waals surface area contributed by atoms with Crippen LogP contribution in [-0.4, -0.2) is 42.2 Å². The molecule has 1 unspecified atom stereocenters. The van der Waals surface area contributed by atoms with Gasteiger partial charge in [0.05, 0.1) is 25.2 Å². The number of nitrogens with one attached hydrogen (secondary N) is 3. The van der Waals surface area contributed by atoms with E-state index in [4.69, 9.17) is 9.47 Å². The number of amides is 3. The first-order chi connectivity index (χ1) is 23.8. The summed E-state index contributed by atoms with van der Waals surface area (Å²) in [6, 6.07) is 26.8. The molecule has 0 aliphatic carbocycles. The first-order valence-electron chi connectivity index (χ1n) is 15.2. The summed E-state index contributed by atoms with van der Waals surface area (Å²) < 4.78 is 24.1. The lowest BCUT2D eigenvalue weighted by Gasteiger charge is -2.15. The third kappa shape index (κ3) is 9.34. The Morgan fingerprint density at radius 1 is 0.918 bits per heavy atom. The number of carbonyl (C=O) groups excluding carboxylic acids is 3. The number of anilines is 2. The number of benzene rings is 4. The number of carbonyl (C=O) groups is 3. The van der Waals surface area contributed by atoms with Gasteiger partial charge in [0.2, 0.25) is 5.91 Å². The third-order valence-corrected chi connectivity index (χ3v) is 9.29. The number of aromatic nitrogens is 1. The van der Waals surface area contributed by atoms with Crippen LogP contribution in [0.15, 0.2) is 113 Å². The molecular formula is C37H33FN4O5S2. The van der Waals surface area contributed by atoms with E-state index in [0.29, 0.717) is 45.6 Å². The van der Waals surface area contributed by atoms with Gasteiger partial charge in [0, 0.05) is 38.7 Å². The molecule has 3 amide bonds. The van der Waals surface area contributed by atoms with Crippen LogP contribution in [0.3, 0.4) is 0 Å². The molecule has 0 saturated heterocycles. The van der Waals surface area contributed by atoms with Crippen molar-refractivity contribution in [3.05, 3.63) is 125 Å². The smallest absolute Gasteiger partial charge is 0.272 e. The SMILES string of the molecule is CCC(Sc1cccc(NC(=O)/C(=C\c2ccc(OC)cc2OC)NC(=O)c2ccccc2)c1)C(=O)Nc1nc(-c2ccc(F)cc2)cs1. The summed E-state index contributed by atoms with van der Waals surface area (Å²) in [6.07, 6.45) is 2.07. The van der Waals surface area contributed by atoms with Crippen molar-refractivity contribution in [1.82, 2.24) is 10.3 Å². The topological polar surface area (TPSA) is 119 Å². The van der Waals surface area contributed by atoms with E-state index in [9.17, 15) is 18.8 Å². The summed E-state index contributed by atoms with van der Waals surface area (Å²) in [4.78, 5) is 45.2. The molecule has 12 heteroatoms. The number of ether oxygens (including phenoxy) is 2. The van der Waals surface area contributed by atoms with Gasteiger partial charge in [-0.3, -0.25) is 14.4 Å². The average Bonchev–Trinajstić information content (AvgIpc) is 3.59. The molecule has 49 heavy (non-hydrogen) atoms. The van der Waals surface area contributed by atoms with E-state index in [-0.39, 0.29) is 17.4 Å². The summed E-state index contributed by atoms with van der Waals surface area (Å²) in [7, 11) is 3.04. The van der Waals surface area contributed by atoms with Gasteiger partial charge in [0.1, 0.15) is 23.0 Å². The maximum Gasteiger partial charge on any atom is 0.272 e. The van der Waals surface area contributed by atoms with Crippen molar-refractivity contribution in [2.75, 3.05) is 24.9 Å². The maximum atomic E-state index is 13.7. The molecule has 5 rings (SSSR count). The molecule has 0 aliphatic rings. The lowest BCUT2D eigenvalue weighted by Crippen LogP contribution is -2.30. The first kappa shape index (κ1) is 34.9. The van der Waals surface area contributed by atoms with E-state index < -0.39 is 17.1 Å². The normalized spacial score (nSPS) is 11.7. The molecule has 0 radical (unpaired) electrons. The molecule has 3 N–H and O–H groups in total. The number of halogens is 1. The van der Waals surface area contributed by atoms with Crippen LogP contribution >= 0.6 is 23.1 Å². The van der Waals surface area contributed by atoms with Crippen LogP contribution in [0.2, 0.25) is 0 Å². The van der Waals surface area contributed by atoms with Gasteiger partial charge in [0.25, 0.3) is 11.8 Å². The predicted octanol–water partition coefficient (Wildman–Crippen LogP) is 7.89. The molecule has 0 saturated carbocycles. The van der Waals surface area contributed by atoms with Crippen molar-refractivity contribution in [2.45, 2.75) is 23.5 Å². The standard InChI is InChI=1S/C37H33FN4O5S2/c1-4-33(36(45)42-37-41-31(22-48-37)23-13-16-26(38)17-14-23)49-29-12-8-11-27(20-29)39-35(44)30(40-34(43)24-9-6-5-7-10-24)19-25-15-18-28(46-2)21-32(25)47-3/h5-22,33H,4H2,1-3H3,(H,39,44)(H,40,43)(H,41,42,45)/b30-19+. The van der Waals surface area contributed by atoms with Gasteiger partial charge in [-0.25, -0.2) is 9.37 Å². The second kappa shape index (κ2) is 16.6. The minimum atomic E-state index is -0.560. The molecule has 5 aromatic rings. The van der Waals surface area contributed by atoms with E-state index in [2.05, 4.69) is 20.9 Å². The zero-order valence-electron chi connectivity index (χ0n) is 26.9. The Bertz CT molecular complexity index is 1970. The lowest BCUT2D eigenvalue weighted by molar-refractivity contribution is -0.116. The van der Waals surface area contributed by atoms with Gasteiger partial charge >= 0.3 is 0 Å². The van der Waals surface area contributed by atoms with Crippen LogP contribution < -0.4 is 25.4 Å². The van der Waals surface area contributed by atoms with Crippen molar-refractivity contribution in [2.24, 2.45) is 0 Å². The molecule has 1 heterocycles. The lowest BCUT2D eigenvalue weighted by atomic mass is 10.1. The summed E-state index contributed by atoms with van der Waals surface area (Å²) >= 11 is 2.64. The molecular weight excluding hydrogens is 664 g/mol. The number of rotatable bonds is 13. The van der Waals surface area contributed by atoms with Crippen LogP contribution in [-0.2, 0) is 9.59 Å². The first-order valence-corrected chi connectivity index (χ1v) is 16.9. The summed E-state index contributed by atoms with van der Waals surface area (Å²) in [5, 5.41) is 10.3. The van der Waals surface area contributed by atoms with Crippen LogP contribution in [0.1, 0.15) is 29.3 Å². The average molecular weight is 697 g/mol. The fourth-order valence-electron chi connectivity index (χ4n) is 4.64. The van der Waals surface area contributed by atoms with Gasteiger partial charge in [-0.15, -0.1) is 23.1 Å². The van der Waals surface area contributed by atoms with Gasteiger partial charge in [0.15, 0.2) is 5.13 Å². The molecule has 0 fully saturated rings. The maximum absolute atomic E-state index is 13.7. The fourth-order valence-corrected chi connectivity index (χ4v) is 6.37. The molecule has 9 nitrogen and oxygen atoms in total. The van der Waals surface area contributed by atoms with E-state index in [0.717, 1.165) is 10.5 Å². The number of thioether (sulfide) groups is 1. The molecule has 0 spiro atoms. The van der Waals surface area contributed by atoms with Crippen LogP contribution in [0.4, 0.5) is 15.2 Å². The highest BCUT2D eigenvalue weighted by molar-refractivity contribution is 8.00. The van der Waals surface area contributed by atoms with Crippen molar-refractivity contribution >= 4 is 57.7 Å². The van der Waals surface area contributed by atoms with Gasteiger partial charge < -0.3 is 25.4 Å². The van der Waals surface area contributed by atoms with Crippen LogP contribution in [0.5, 0.6) is 11.5 Å². The number of methoxy groups -OCH3 is 2. The van der Waals surface area contributed by atoms with E-state index in [1.165, 1.54) is 55.5 Å². The number of nitrogens with zero attached hydrogens (tertiary/aromatic N) is 1. The van der Waals surface area contributed by atoms with Gasteiger partial charge in [-0.2, -0.15) is 0 Å². The Hall–Kier alpha value is -5.46. The monoisotopic (exact) mass is 696 g/mol. The molecule has 0 bridgehead atoms. The second-order valence-corrected chi connectivity index (χ2v) is 12.7. The van der Waals surface area contributed by atoms with E-state index in [1.54, 1.807) is 84.2 Å². The molecule has 0 aliphatic heterocycles. The Morgan fingerprint density at radius 3 is 2.41 bits per heavy atom. The van der Waals surface area contributed by atoms with E-state index >= 15 is 0 Å². The van der Waals surface area contributed by atoms with Crippen molar-refractivity contribution in [3.8, 4) is 22.8 Å². The van der Waals surface area contributed by atoms with Gasteiger partial charge in [-0.05, 0) is 79.2 Å². The van der Waals surface area contributed by atoms with Crippen molar-refractivity contribution in [3.63, 3.8) is 0 Å². The molecule has 4 aromatic carbocycles. The summed E-state index contributed by atoms with van der Waals surface area (Å²) in [5.41, 5.74) is 2.78. The second-order valence-electron chi connectivity index (χ2n) is 10.5. The molecule has 250 valence electrons. The Morgan fingerprint density at radius 2 is 1.69 bits per heavy atom. The number of hydrogen-bond acceptors (Lipinski definition) is 8. The highest BCUT2D eigenvalue weighted by Crippen LogP contribution is 2.31. The summed E-state index contributed by atoms with van der Waals surface area (Å²) in [6.45, 7) is 1.91. The largest absolute Gasteiger partial charge is 0.497 e. The predicted molar refractivity (Wildman–Crippen MR) is 193 cm³/mol. The van der Waals surface area contributed by atoms with Crippen LogP contribution in [0, 0.1) is 5.82 Å². The Kier molecular flexibility index (Phi) is 11.8.